The first-order valence-electron chi connectivity index (χ1n) is 8.83. The van der Waals surface area contributed by atoms with Crippen LogP contribution in [0.1, 0.15) is 27.0 Å². The van der Waals surface area contributed by atoms with E-state index in [-0.39, 0.29) is 15.5 Å². The summed E-state index contributed by atoms with van der Waals surface area (Å²) in [4.78, 5) is 16.2. The van der Waals surface area contributed by atoms with Gasteiger partial charge in [-0.05, 0) is 73.0 Å². The van der Waals surface area contributed by atoms with Crippen molar-refractivity contribution in [2.45, 2.75) is 25.3 Å². The fraction of sp³-hybridized carbons (Fsp3) is 0.143. The molecule has 1 aromatic heterocycles. The summed E-state index contributed by atoms with van der Waals surface area (Å²) in [6, 6.07) is 13.0. The quantitative estimate of drug-likeness (QED) is 0.617. The molecule has 0 aliphatic carbocycles. The number of anilines is 1. The predicted molar refractivity (Wildman–Crippen MR) is 114 cm³/mol. The van der Waals surface area contributed by atoms with Crippen molar-refractivity contribution in [3.05, 3.63) is 88.2 Å². The summed E-state index contributed by atoms with van der Waals surface area (Å²) in [6.07, 6.45) is 3.26. The number of hydrogen-bond acceptors (Lipinski definition) is 4. The zero-order chi connectivity index (χ0) is 21.0. The van der Waals surface area contributed by atoms with E-state index in [1.807, 2.05) is 19.9 Å². The monoisotopic (exact) mass is 429 g/mol. The van der Waals surface area contributed by atoms with Crippen molar-refractivity contribution in [3.63, 3.8) is 0 Å². The van der Waals surface area contributed by atoms with E-state index in [0.29, 0.717) is 12.2 Å². The zero-order valence-electron chi connectivity index (χ0n) is 15.9. The van der Waals surface area contributed by atoms with E-state index in [1.54, 1.807) is 36.7 Å². The summed E-state index contributed by atoms with van der Waals surface area (Å²) in [5, 5.41) is 2.79. The molecular formula is C21H20ClN3O3S. The van der Waals surface area contributed by atoms with Crippen molar-refractivity contribution in [1.29, 1.82) is 0 Å². The lowest BCUT2D eigenvalue weighted by Gasteiger charge is -2.12. The van der Waals surface area contributed by atoms with Gasteiger partial charge in [-0.15, -0.1) is 0 Å². The molecule has 150 valence electrons. The molecule has 2 N–H and O–H groups in total. The highest BCUT2D eigenvalue weighted by Gasteiger charge is 2.20. The Morgan fingerprint density at radius 2 is 1.72 bits per heavy atom. The van der Waals surface area contributed by atoms with Gasteiger partial charge in [0.15, 0.2) is 0 Å². The van der Waals surface area contributed by atoms with Crippen LogP contribution < -0.4 is 10.0 Å². The van der Waals surface area contributed by atoms with E-state index < -0.39 is 15.9 Å². The van der Waals surface area contributed by atoms with Gasteiger partial charge in [0.2, 0.25) is 0 Å². The van der Waals surface area contributed by atoms with Gasteiger partial charge in [-0.25, -0.2) is 8.42 Å². The molecular weight excluding hydrogens is 410 g/mol. The summed E-state index contributed by atoms with van der Waals surface area (Å²) in [7, 11) is -3.97. The van der Waals surface area contributed by atoms with Gasteiger partial charge in [-0.2, -0.15) is 0 Å². The third kappa shape index (κ3) is 5.13. The molecule has 0 saturated heterocycles. The number of carbonyl (C=O) groups excluding carboxylic acids is 1. The normalized spacial score (nSPS) is 11.1. The van der Waals surface area contributed by atoms with Gasteiger partial charge in [0.25, 0.3) is 15.9 Å². The molecule has 0 spiro atoms. The van der Waals surface area contributed by atoms with Crippen LogP contribution >= 0.6 is 11.6 Å². The van der Waals surface area contributed by atoms with Crippen LogP contribution in [0.5, 0.6) is 0 Å². The molecule has 6 nitrogen and oxygen atoms in total. The van der Waals surface area contributed by atoms with E-state index in [2.05, 4.69) is 15.0 Å². The lowest BCUT2D eigenvalue weighted by Crippen LogP contribution is -2.23. The van der Waals surface area contributed by atoms with Crippen LogP contribution in [0.2, 0.25) is 5.02 Å². The van der Waals surface area contributed by atoms with Crippen molar-refractivity contribution in [2.24, 2.45) is 0 Å². The van der Waals surface area contributed by atoms with Gasteiger partial charge < -0.3 is 5.32 Å². The van der Waals surface area contributed by atoms with E-state index in [9.17, 15) is 13.2 Å². The Kier molecular flexibility index (Phi) is 6.20. The average molecular weight is 430 g/mol. The van der Waals surface area contributed by atoms with Crippen LogP contribution in [0, 0.1) is 13.8 Å². The Hall–Kier alpha value is -2.90. The number of nitrogens with one attached hydrogen (secondary N) is 2. The first-order valence-corrected chi connectivity index (χ1v) is 10.7. The Bertz CT molecular complexity index is 1150. The van der Waals surface area contributed by atoms with Crippen LogP contribution in [0.15, 0.2) is 65.8 Å². The summed E-state index contributed by atoms with van der Waals surface area (Å²) in [5.74, 6) is -0.402. The maximum absolute atomic E-state index is 12.8. The van der Waals surface area contributed by atoms with E-state index in [1.165, 1.54) is 18.2 Å². The number of aromatic nitrogens is 1. The largest absolute Gasteiger partial charge is 0.348 e. The Morgan fingerprint density at radius 3 is 2.41 bits per heavy atom. The van der Waals surface area contributed by atoms with Gasteiger partial charge in [0, 0.05) is 30.2 Å². The number of benzene rings is 2. The number of amides is 1. The molecule has 1 heterocycles. The summed E-state index contributed by atoms with van der Waals surface area (Å²) in [6.45, 7) is 4.14. The molecule has 0 bridgehead atoms. The number of pyridine rings is 1. The van der Waals surface area contributed by atoms with E-state index >= 15 is 0 Å². The summed E-state index contributed by atoms with van der Waals surface area (Å²) < 4.78 is 28.2. The number of nitrogens with zero attached hydrogens (tertiary/aromatic N) is 1. The number of carbonyl (C=O) groups is 1. The van der Waals surface area contributed by atoms with Crippen LogP contribution in [-0.2, 0) is 16.6 Å². The van der Waals surface area contributed by atoms with Crippen molar-refractivity contribution >= 4 is 33.2 Å². The molecule has 8 heteroatoms. The van der Waals surface area contributed by atoms with Crippen LogP contribution in [0.4, 0.5) is 5.69 Å². The smallest absolute Gasteiger partial charge is 0.263 e. The predicted octanol–water partition coefficient (Wildman–Crippen LogP) is 4.08. The van der Waals surface area contributed by atoms with Gasteiger partial charge in [0.1, 0.15) is 4.90 Å². The Morgan fingerprint density at radius 1 is 1.00 bits per heavy atom. The molecule has 0 aliphatic rings. The number of halogens is 1. The zero-order valence-corrected chi connectivity index (χ0v) is 17.5. The van der Waals surface area contributed by atoms with Crippen molar-refractivity contribution in [3.8, 4) is 0 Å². The topological polar surface area (TPSA) is 88.2 Å². The van der Waals surface area contributed by atoms with Gasteiger partial charge in [-0.1, -0.05) is 17.7 Å². The lowest BCUT2D eigenvalue weighted by atomic mass is 10.1. The highest BCUT2D eigenvalue weighted by molar-refractivity contribution is 7.92. The Labute approximate surface area is 175 Å². The number of aryl methyl sites for hydroxylation is 2. The van der Waals surface area contributed by atoms with Gasteiger partial charge in [0.05, 0.1) is 5.02 Å². The van der Waals surface area contributed by atoms with Crippen molar-refractivity contribution < 1.29 is 13.2 Å². The van der Waals surface area contributed by atoms with Crippen LogP contribution in [-0.4, -0.2) is 19.3 Å². The molecule has 3 rings (SSSR count). The first kappa shape index (κ1) is 20.8. The van der Waals surface area contributed by atoms with Crippen LogP contribution in [0.3, 0.4) is 0 Å². The maximum Gasteiger partial charge on any atom is 0.263 e. The minimum Gasteiger partial charge on any atom is -0.348 e. The molecule has 3 aromatic rings. The maximum atomic E-state index is 12.8. The van der Waals surface area contributed by atoms with Gasteiger partial charge in [-0.3, -0.25) is 14.5 Å². The fourth-order valence-corrected chi connectivity index (χ4v) is 4.23. The average Bonchev–Trinajstić information content (AvgIpc) is 2.69. The SMILES string of the molecule is Cc1ccc(NS(=O)(=O)c2cc(C(=O)NCc3ccncc3)ccc2Cl)cc1C. The second-order valence-electron chi connectivity index (χ2n) is 6.59. The van der Waals surface area contributed by atoms with Crippen molar-refractivity contribution in [1.82, 2.24) is 10.3 Å². The molecule has 0 aliphatic heterocycles. The van der Waals surface area contributed by atoms with E-state index in [0.717, 1.165) is 16.7 Å². The molecule has 1 amide bonds. The second-order valence-corrected chi connectivity index (χ2v) is 8.65. The number of sulfonamides is 1. The van der Waals surface area contributed by atoms with Crippen molar-refractivity contribution in [2.75, 3.05) is 4.72 Å². The van der Waals surface area contributed by atoms with Gasteiger partial charge >= 0.3 is 0 Å². The minimum atomic E-state index is -3.97. The summed E-state index contributed by atoms with van der Waals surface area (Å²) in [5.41, 5.74) is 3.52. The molecule has 29 heavy (non-hydrogen) atoms. The standard InChI is InChI=1S/C21H20ClN3O3S/c1-14-3-5-18(11-15(14)2)25-29(27,28)20-12-17(4-6-19(20)22)21(26)24-13-16-7-9-23-10-8-16/h3-12,25H,13H2,1-2H3,(H,24,26). The fourth-order valence-electron chi connectivity index (χ4n) is 2.65. The summed E-state index contributed by atoms with van der Waals surface area (Å²) >= 11 is 6.12. The van der Waals surface area contributed by atoms with E-state index in [4.69, 9.17) is 11.6 Å². The highest BCUT2D eigenvalue weighted by Crippen LogP contribution is 2.26. The molecule has 0 atom stereocenters. The first-order chi connectivity index (χ1) is 13.8. The Balaban J connectivity index is 1.81. The molecule has 0 radical (unpaired) electrons. The molecule has 0 saturated carbocycles. The third-order valence-electron chi connectivity index (χ3n) is 4.44. The highest BCUT2D eigenvalue weighted by atomic mass is 35.5. The molecule has 2 aromatic carbocycles. The second kappa shape index (κ2) is 8.63. The number of rotatable bonds is 6. The lowest BCUT2D eigenvalue weighted by molar-refractivity contribution is 0.0950. The number of hydrogen-bond donors (Lipinski definition) is 2. The molecule has 0 fully saturated rings. The molecule has 0 unspecified atom stereocenters. The third-order valence-corrected chi connectivity index (χ3v) is 6.31. The minimum absolute atomic E-state index is 0.0343. The van der Waals surface area contributed by atoms with Crippen LogP contribution in [0.25, 0.3) is 0 Å².